The minimum absolute atomic E-state index is 0.288. The van der Waals surface area contributed by atoms with E-state index in [9.17, 15) is 4.79 Å². The average molecular weight is 379 g/mol. The zero-order valence-electron chi connectivity index (χ0n) is 16.6. The second-order valence-corrected chi connectivity index (χ2v) is 8.30. The molecule has 5 heteroatoms. The normalized spacial score (nSPS) is 19.9. The summed E-state index contributed by atoms with van der Waals surface area (Å²) in [5, 5.41) is 0. The monoisotopic (exact) mass is 378 g/mol. The molecular weight excluding hydrogens is 348 g/mol. The molecule has 1 spiro atoms. The van der Waals surface area contributed by atoms with Crippen molar-refractivity contribution in [1.82, 2.24) is 19.4 Å². The minimum Gasteiger partial charge on any atom is -0.338 e. The van der Waals surface area contributed by atoms with Crippen LogP contribution in [-0.2, 0) is 17.9 Å². The third kappa shape index (κ3) is 4.20. The highest BCUT2D eigenvalue weighted by Crippen LogP contribution is 2.40. The van der Waals surface area contributed by atoms with Crippen molar-refractivity contribution in [3.8, 4) is 0 Å². The van der Waals surface area contributed by atoms with Gasteiger partial charge in [0.1, 0.15) is 5.82 Å². The molecule has 2 aliphatic heterocycles. The molecule has 28 heavy (non-hydrogen) atoms. The predicted octanol–water partition coefficient (Wildman–Crippen LogP) is 3.32. The van der Waals surface area contributed by atoms with Gasteiger partial charge in [0, 0.05) is 38.4 Å². The molecule has 2 aliphatic rings. The molecule has 0 radical (unpaired) electrons. The third-order valence-electron chi connectivity index (χ3n) is 6.38. The van der Waals surface area contributed by atoms with Gasteiger partial charge in [-0.2, -0.15) is 0 Å². The molecule has 0 bridgehead atoms. The van der Waals surface area contributed by atoms with Crippen molar-refractivity contribution >= 4 is 5.91 Å². The van der Waals surface area contributed by atoms with E-state index in [1.54, 1.807) is 0 Å². The highest BCUT2D eigenvalue weighted by Gasteiger charge is 2.40. The number of rotatable bonds is 6. The van der Waals surface area contributed by atoms with Gasteiger partial charge in [-0.3, -0.25) is 9.69 Å². The van der Waals surface area contributed by atoms with Crippen LogP contribution in [0.1, 0.15) is 37.1 Å². The van der Waals surface area contributed by atoms with Crippen LogP contribution < -0.4 is 0 Å². The van der Waals surface area contributed by atoms with Crippen molar-refractivity contribution in [2.24, 2.45) is 5.41 Å². The summed E-state index contributed by atoms with van der Waals surface area (Å²) in [6, 6.07) is 10.5. The largest absolute Gasteiger partial charge is 0.338 e. The lowest BCUT2D eigenvalue weighted by atomic mass is 9.72. The van der Waals surface area contributed by atoms with Crippen molar-refractivity contribution in [2.75, 3.05) is 26.2 Å². The van der Waals surface area contributed by atoms with E-state index in [4.69, 9.17) is 0 Å². The highest BCUT2D eigenvalue weighted by molar-refractivity contribution is 5.77. The summed E-state index contributed by atoms with van der Waals surface area (Å²) in [4.78, 5) is 21.3. The van der Waals surface area contributed by atoms with Crippen LogP contribution in [0.15, 0.2) is 55.4 Å². The number of likely N-dealkylation sites (tertiary alicyclic amines) is 2. The Balaban J connectivity index is 1.35. The summed E-state index contributed by atoms with van der Waals surface area (Å²) in [6.45, 7) is 9.30. The van der Waals surface area contributed by atoms with Gasteiger partial charge in [0.05, 0.1) is 6.54 Å². The zero-order valence-corrected chi connectivity index (χ0v) is 16.6. The first-order valence-corrected chi connectivity index (χ1v) is 10.3. The third-order valence-corrected chi connectivity index (χ3v) is 6.38. The number of amides is 1. The zero-order chi connectivity index (χ0) is 19.4. The van der Waals surface area contributed by atoms with E-state index >= 15 is 0 Å². The number of nitrogens with zero attached hydrogens (tertiary/aromatic N) is 4. The van der Waals surface area contributed by atoms with E-state index in [0.29, 0.717) is 18.4 Å². The van der Waals surface area contributed by atoms with E-state index in [1.165, 1.54) is 5.56 Å². The van der Waals surface area contributed by atoms with Crippen LogP contribution in [0.2, 0.25) is 0 Å². The van der Waals surface area contributed by atoms with Gasteiger partial charge in [0.2, 0.25) is 5.91 Å². The Bertz CT molecular complexity index is 805. The summed E-state index contributed by atoms with van der Waals surface area (Å²) < 4.78 is 2.25. The Morgan fingerprint density at radius 1 is 1.11 bits per heavy atom. The van der Waals surface area contributed by atoms with Crippen LogP contribution in [0.25, 0.3) is 0 Å². The second-order valence-electron chi connectivity index (χ2n) is 8.30. The first kappa shape index (κ1) is 18.9. The van der Waals surface area contributed by atoms with E-state index in [1.807, 2.05) is 17.2 Å². The molecule has 148 valence electrons. The Kier molecular flexibility index (Phi) is 5.62. The Morgan fingerprint density at radius 3 is 2.64 bits per heavy atom. The highest BCUT2D eigenvalue weighted by atomic mass is 16.2. The maximum atomic E-state index is 12.1. The number of imidazole rings is 1. The van der Waals surface area contributed by atoms with E-state index < -0.39 is 0 Å². The van der Waals surface area contributed by atoms with Gasteiger partial charge in [-0.25, -0.2) is 4.98 Å². The minimum atomic E-state index is 0.288. The fourth-order valence-corrected chi connectivity index (χ4v) is 4.63. The number of piperidine rings is 2. The molecule has 1 aromatic carbocycles. The van der Waals surface area contributed by atoms with Gasteiger partial charge in [0.15, 0.2) is 0 Å². The SMILES string of the molecule is C=CCN1CC2(CCC1=O)CCN(Cc1nccn1Cc1ccccc1)CC2. The molecule has 3 heterocycles. The fraction of sp³-hybridized carbons (Fsp3) is 0.478. The first-order valence-electron chi connectivity index (χ1n) is 10.3. The van der Waals surface area contributed by atoms with Crippen LogP contribution in [0, 0.1) is 5.41 Å². The molecule has 0 N–H and O–H groups in total. The van der Waals surface area contributed by atoms with Crippen molar-refractivity contribution in [2.45, 2.75) is 38.8 Å². The molecule has 2 saturated heterocycles. The lowest BCUT2D eigenvalue weighted by molar-refractivity contribution is -0.138. The smallest absolute Gasteiger partial charge is 0.222 e. The molecule has 0 aliphatic carbocycles. The number of carbonyl (C=O) groups excluding carboxylic acids is 1. The maximum Gasteiger partial charge on any atom is 0.222 e. The van der Waals surface area contributed by atoms with Crippen molar-refractivity contribution in [3.05, 3.63) is 66.8 Å². The quantitative estimate of drug-likeness (QED) is 0.724. The van der Waals surface area contributed by atoms with Crippen LogP contribution in [0.5, 0.6) is 0 Å². The Hall–Kier alpha value is -2.40. The molecular formula is C23H30N4O. The van der Waals surface area contributed by atoms with E-state index in [2.05, 4.69) is 57.6 Å². The fourth-order valence-electron chi connectivity index (χ4n) is 4.63. The molecule has 0 atom stereocenters. The molecule has 4 rings (SSSR count). The lowest BCUT2D eigenvalue weighted by Crippen LogP contribution is -2.51. The standard InChI is InChI=1S/C23H30N4O/c1-2-13-27-19-23(9-8-22(27)28)10-14-25(15-11-23)18-21-24-12-16-26(21)17-20-6-4-3-5-7-20/h2-7,12,16H,1,8-11,13-15,17-19H2. The summed E-state index contributed by atoms with van der Waals surface area (Å²) in [5.41, 5.74) is 1.60. The van der Waals surface area contributed by atoms with Crippen LogP contribution >= 0.6 is 0 Å². The van der Waals surface area contributed by atoms with Crippen molar-refractivity contribution < 1.29 is 4.79 Å². The second kappa shape index (κ2) is 8.31. The first-order chi connectivity index (χ1) is 13.7. The average Bonchev–Trinajstić information content (AvgIpc) is 3.14. The Morgan fingerprint density at radius 2 is 1.89 bits per heavy atom. The molecule has 0 unspecified atom stereocenters. The van der Waals surface area contributed by atoms with Gasteiger partial charge in [-0.05, 0) is 43.3 Å². The van der Waals surface area contributed by atoms with Crippen molar-refractivity contribution in [3.63, 3.8) is 0 Å². The Labute approximate surface area is 167 Å². The van der Waals surface area contributed by atoms with E-state index in [-0.39, 0.29) is 5.91 Å². The summed E-state index contributed by atoms with van der Waals surface area (Å²) in [7, 11) is 0. The van der Waals surface area contributed by atoms with Crippen LogP contribution in [0.4, 0.5) is 0 Å². The van der Waals surface area contributed by atoms with Gasteiger partial charge in [-0.1, -0.05) is 36.4 Å². The molecule has 5 nitrogen and oxygen atoms in total. The van der Waals surface area contributed by atoms with E-state index in [0.717, 1.165) is 57.8 Å². The van der Waals surface area contributed by atoms with Gasteiger partial charge in [-0.15, -0.1) is 6.58 Å². The summed E-state index contributed by atoms with van der Waals surface area (Å²) in [6.07, 6.45) is 9.88. The molecule has 2 aromatic rings. The number of hydrogen-bond donors (Lipinski definition) is 0. The molecule has 2 fully saturated rings. The number of hydrogen-bond acceptors (Lipinski definition) is 3. The number of carbonyl (C=O) groups is 1. The number of aromatic nitrogens is 2. The molecule has 1 amide bonds. The lowest BCUT2D eigenvalue weighted by Gasteiger charge is -2.47. The van der Waals surface area contributed by atoms with Gasteiger partial charge in [0.25, 0.3) is 0 Å². The van der Waals surface area contributed by atoms with Gasteiger partial charge >= 0.3 is 0 Å². The maximum absolute atomic E-state index is 12.1. The van der Waals surface area contributed by atoms with Crippen molar-refractivity contribution in [1.29, 1.82) is 0 Å². The molecule has 0 saturated carbocycles. The summed E-state index contributed by atoms with van der Waals surface area (Å²) in [5.74, 6) is 1.42. The topological polar surface area (TPSA) is 41.4 Å². The van der Waals surface area contributed by atoms with Crippen LogP contribution in [-0.4, -0.2) is 51.4 Å². The van der Waals surface area contributed by atoms with Crippen LogP contribution in [0.3, 0.4) is 0 Å². The van der Waals surface area contributed by atoms with Gasteiger partial charge < -0.3 is 9.47 Å². The predicted molar refractivity (Wildman–Crippen MR) is 111 cm³/mol. The molecule has 1 aromatic heterocycles. The summed E-state index contributed by atoms with van der Waals surface area (Å²) >= 11 is 0. The number of benzene rings is 1.